The smallest absolute Gasteiger partial charge is 0.330 e. The molecule has 142 valence electrons. The van der Waals surface area contributed by atoms with E-state index in [4.69, 9.17) is 11.6 Å². The Morgan fingerprint density at radius 2 is 1.89 bits per heavy atom. The summed E-state index contributed by atoms with van der Waals surface area (Å²) in [7, 11) is 0. The number of nitrogens with one attached hydrogen (secondary N) is 1. The van der Waals surface area contributed by atoms with Crippen molar-refractivity contribution in [3.63, 3.8) is 0 Å². The van der Waals surface area contributed by atoms with Crippen molar-refractivity contribution in [2.45, 2.75) is 45.6 Å². The molecule has 2 aromatic rings. The van der Waals surface area contributed by atoms with Gasteiger partial charge in [-0.1, -0.05) is 43.6 Å². The first-order valence-corrected chi connectivity index (χ1v) is 9.51. The van der Waals surface area contributed by atoms with Crippen LogP contribution in [0.15, 0.2) is 36.4 Å². The number of halogens is 1. The molecule has 1 unspecified atom stereocenters. The quantitative estimate of drug-likeness (QED) is 0.810. The highest BCUT2D eigenvalue weighted by Crippen LogP contribution is 2.33. The Morgan fingerprint density at radius 3 is 2.56 bits per heavy atom. The van der Waals surface area contributed by atoms with Crippen LogP contribution < -0.4 is 5.32 Å². The van der Waals surface area contributed by atoms with E-state index in [9.17, 15) is 14.7 Å². The van der Waals surface area contributed by atoms with Gasteiger partial charge in [0.2, 0.25) is 0 Å². The lowest BCUT2D eigenvalue weighted by Crippen LogP contribution is -2.55. The van der Waals surface area contributed by atoms with E-state index in [-0.39, 0.29) is 18.7 Å². The summed E-state index contributed by atoms with van der Waals surface area (Å²) in [6.07, 6.45) is 1.26. The predicted octanol–water partition coefficient (Wildman–Crippen LogP) is 4.20. The van der Waals surface area contributed by atoms with Crippen LogP contribution in [-0.4, -0.2) is 22.5 Å². The van der Waals surface area contributed by atoms with E-state index >= 15 is 0 Å². The highest BCUT2D eigenvalue weighted by Gasteiger charge is 2.45. The van der Waals surface area contributed by atoms with Crippen LogP contribution in [0.5, 0.6) is 0 Å². The lowest BCUT2D eigenvalue weighted by atomic mass is 9.91. The van der Waals surface area contributed by atoms with Gasteiger partial charge < -0.3 is 10.4 Å². The van der Waals surface area contributed by atoms with Crippen LogP contribution in [-0.2, 0) is 24.1 Å². The third-order valence-corrected chi connectivity index (χ3v) is 5.42. The molecule has 2 aromatic carbocycles. The zero-order valence-corrected chi connectivity index (χ0v) is 16.6. The average Bonchev–Trinajstić information content (AvgIpc) is 2.94. The summed E-state index contributed by atoms with van der Waals surface area (Å²) in [5.74, 6) is -0.971. The van der Waals surface area contributed by atoms with Gasteiger partial charge in [-0.05, 0) is 59.7 Å². The molecule has 0 radical (unpaired) electrons. The first kappa shape index (κ1) is 19.4. The zero-order valence-electron chi connectivity index (χ0n) is 15.8. The molecule has 5 heteroatoms. The first-order chi connectivity index (χ1) is 12.7. The van der Waals surface area contributed by atoms with Gasteiger partial charge in [-0.2, -0.15) is 0 Å². The molecule has 3 rings (SSSR count). The van der Waals surface area contributed by atoms with E-state index in [1.807, 2.05) is 25.1 Å². The topological polar surface area (TPSA) is 66.4 Å². The summed E-state index contributed by atoms with van der Waals surface area (Å²) in [4.78, 5) is 25.2. The average molecular weight is 386 g/mol. The van der Waals surface area contributed by atoms with Crippen molar-refractivity contribution < 1.29 is 14.7 Å². The molecule has 0 saturated heterocycles. The number of hydrogen-bond donors (Lipinski definition) is 2. The second kappa shape index (κ2) is 7.35. The molecular weight excluding hydrogens is 362 g/mol. The number of amides is 1. The second-order valence-electron chi connectivity index (χ2n) is 7.81. The van der Waals surface area contributed by atoms with Crippen molar-refractivity contribution >= 4 is 23.5 Å². The Hall–Kier alpha value is -2.33. The van der Waals surface area contributed by atoms with Crippen LogP contribution in [0.4, 0.5) is 0 Å². The molecule has 0 heterocycles. The maximum Gasteiger partial charge on any atom is 0.330 e. The van der Waals surface area contributed by atoms with Crippen LogP contribution >= 0.6 is 11.6 Å². The SMILES string of the molecule is Cc1cccc(C(=O)NC2(C(=O)O)Cc3ccc(Cl)cc3C2)c1CC(C)C. The number of carbonyl (C=O) groups is 2. The van der Waals surface area contributed by atoms with Crippen LogP contribution in [0, 0.1) is 12.8 Å². The molecule has 1 atom stereocenters. The van der Waals surface area contributed by atoms with Gasteiger partial charge in [0.15, 0.2) is 0 Å². The number of fused-ring (bicyclic) bond motifs is 1. The summed E-state index contributed by atoms with van der Waals surface area (Å²) in [6.45, 7) is 6.18. The second-order valence-corrected chi connectivity index (χ2v) is 8.24. The Morgan fingerprint density at radius 1 is 1.19 bits per heavy atom. The molecular formula is C22H24ClNO3. The minimum absolute atomic E-state index is 0.231. The van der Waals surface area contributed by atoms with Crippen molar-refractivity contribution in [2.24, 2.45) is 5.92 Å². The van der Waals surface area contributed by atoms with Gasteiger partial charge in [-0.3, -0.25) is 4.79 Å². The summed E-state index contributed by atoms with van der Waals surface area (Å²) < 4.78 is 0. The largest absolute Gasteiger partial charge is 0.479 e. The van der Waals surface area contributed by atoms with Crippen molar-refractivity contribution in [1.29, 1.82) is 0 Å². The highest BCUT2D eigenvalue weighted by atomic mass is 35.5. The van der Waals surface area contributed by atoms with Crippen LogP contribution in [0.1, 0.15) is 46.5 Å². The number of carbonyl (C=O) groups excluding carboxylic acids is 1. The Labute approximate surface area is 164 Å². The molecule has 0 aliphatic heterocycles. The van der Waals surface area contributed by atoms with Crippen molar-refractivity contribution in [3.8, 4) is 0 Å². The van der Waals surface area contributed by atoms with Gasteiger partial charge in [0.05, 0.1) is 0 Å². The number of aliphatic carboxylic acids is 1. The van der Waals surface area contributed by atoms with E-state index in [0.29, 0.717) is 16.5 Å². The summed E-state index contributed by atoms with van der Waals surface area (Å²) in [5, 5.41) is 13.3. The molecule has 0 saturated carbocycles. The van der Waals surface area contributed by atoms with E-state index in [2.05, 4.69) is 19.2 Å². The zero-order chi connectivity index (χ0) is 19.8. The summed E-state index contributed by atoms with van der Waals surface area (Å²) in [5.41, 5.74) is 3.01. The standard InChI is InChI=1S/C22H24ClNO3/c1-13(2)9-19-14(3)5-4-6-18(19)20(25)24-22(21(26)27)11-15-7-8-17(23)10-16(15)12-22/h4-8,10,13H,9,11-12H2,1-3H3,(H,24,25)(H,26,27). The highest BCUT2D eigenvalue weighted by molar-refractivity contribution is 6.30. The van der Waals surface area contributed by atoms with Crippen molar-refractivity contribution in [3.05, 3.63) is 69.2 Å². The third-order valence-electron chi connectivity index (χ3n) is 5.18. The fraction of sp³-hybridized carbons (Fsp3) is 0.364. The van der Waals surface area contributed by atoms with Crippen LogP contribution in [0.25, 0.3) is 0 Å². The molecule has 2 N–H and O–H groups in total. The van der Waals surface area contributed by atoms with Gasteiger partial charge in [0.1, 0.15) is 5.54 Å². The van der Waals surface area contributed by atoms with Crippen LogP contribution in [0.3, 0.4) is 0 Å². The Bertz CT molecular complexity index is 906. The molecule has 1 amide bonds. The number of carboxylic acid groups (broad SMARTS) is 1. The summed E-state index contributed by atoms with van der Waals surface area (Å²) in [6, 6.07) is 11.0. The fourth-order valence-corrected chi connectivity index (χ4v) is 4.01. The van der Waals surface area contributed by atoms with E-state index < -0.39 is 11.5 Å². The number of rotatable bonds is 5. The fourth-order valence-electron chi connectivity index (χ4n) is 3.82. The number of benzene rings is 2. The minimum atomic E-state index is -1.34. The van der Waals surface area contributed by atoms with Gasteiger partial charge in [-0.25, -0.2) is 4.79 Å². The van der Waals surface area contributed by atoms with Crippen LogP contribution in [0.2, 0.25) is 5.02 Å². The predicted molar refractivity (Wildman–Crippen MR) is 106 cm³/mol. The Kier molecular flexibility index (Phi) is 5.29. The maximum atomic E-state index is 13.1. The lowest BCUT2D eigenvalue weighted by molar-refractivity contribution is -0.144. The number of aryl methyl sites for hydroxylation is 1. The van der Waals surface area contributed by atoms with Gasteiger partial charge >= 0.3 is 5.97 Å². The first-order valence-electron chi connectivity index (χ1n) is 9.13. The maximum absolute atomic E-state index is 13.1. The molecule has 27 heavy (non-hydrogen) atoms. The normalized spacial score (nSPS) is 18.4. The monoisotopic (exact) mass is 385 g/mol. The minimum Gasteiger partial charge on any atom is -0.479 e. The van der Waals surface area contributed by atoms with E-state index in [0.717, 1.165) is 28.7 Å². The van der Waals surface area contributed by atoms with Gasteiger partial charge in [-0.15, -0.1) is 0 Å². The molecule has 0 fully saturated rings. The summed E-state index contributed by atoms with van der Waals surface area (Å²) >= 11 is 6.05. The molecule has 0 aromatic heterocycles. The van der Waals surface area contributed by atoms with Gasteiger partial charge in [0.25, 0.3) is 5.91 Å². The number of carboxylic acids is 1. The van der Waals surface area contributed by atoms with Crippen molar-refractivity contribution in [1.82, 2.24) is 5.32 Å². The third kappa shape index (κ3) is 3.86. The molecule has 1 aliphatic rings. The molecule has 1 aliphatic carbocycles. The van der Waals surface area contributed by atoms with E-state index in [1.54, 1.807) is 18.2 Å². The molecule has 0 bridgehead atoms. The number of hydrogen-bond acceptors (Lipinski definition) is 2. The van der Waals surface area contributed by atoms with E-state index in [1.165, 1.54) is 0 Å². The van der Waals surface area contributed by atoms with Gasteiger partial charge in [0, 0.05) is 23.4 Å². The lowest BCUT2D eigenvalue weighted by Gasteiger charge is -2.26. The Balaban J connectivity index is 1.93. The molecule has 4 nitrogen and oxygen atoms in total. The molecule has 0 spiro atoms. The van der Waals surface area contributed by atoms with Crippen molar-refractivity contribution in [2.75, 3.05) is 0 Å².